The van der Waals surface area contributed by atoms with Gasteiger partial charge < -0.3 is 10.3 Å². The summed E-state index contributed by atoms with van der Waals surface area (Å²) < 4.78 is 0. The number of fused-ring (bicyclic) bond motifs is 1. The van der Waals surface area contributed by atoms with E-state index in [2.05, 4.69) is 40.0 Å². The maximum absolute atomic E-state index is 4.60. The van der Waals surface area contributed by atoms with Crippen LogP contribution in [0.25, 0.3) is 11.0 Å². The molecule has 1 heterocycles. The van der Waals surface area contributed by atoms with Crippen LogP contribution in [0.2, 0.25) is 0 Å². The molecule has 2 unspecified atom stereocenters. The monoisotopic (exact) mass is 275 g/mol. The van der Waals surface area contributed by atoms with Crippen molar-refractivity contribution >= 4 is 28.7 Å². The highest BCUT2D eigenvalue weighted by Crippen LogP contribution is 2.30. The number of nitrogens with zero attached hydrogens (tertiary/aromatic N) is 1. The zero-order valence-corrected chi connectivity index (χ0v) is 12.2. The van der Waals surface area contributed by atoms with Crippen LogP contribution in [0, 0.1) is 0 Å². The van der Waals surface area contributed by atoms with E-state index in [0.29, 0.717) is 6.04 Å². The largest absolute Gasteiger partial charge is 0.353 e. The molecule has 19 heavy (non-hydrogen) atoms. The van der Waals surface area contributed by atoms with Gasteiger partial charge in [-0.25, -0.2) is 4.98 Å². The van der Waals surface area contributed by atoms with Gasteiger partial charge in [0.1, 0.15) is 0 Å². The van der Waals surface area contributed by atoms with Crippen LogP contribution >= 0.6 is 11.8 Å². The SMILES string of the molecule is CCSC1CCCC(Nc2nc3ccccc3[nH]2)C1. The number of hydrogen-bond acceptors (Lipinski definition) is 3. The maximum atomic E-state index is 4.60. The first-order valence-electron chi connectivity index (χ1n) is 7.18. The van der Waals surface area contributed by atoms with E-state index >= 15 is 0 Å². The first kappa shape index (κ1) is 12.9. The number of nitrogens with one attached hydrogen (secondary N) is 2. The van der Waals surface area contributed by atoms with E-state index in [1.165, 1.54) is 31.4 Å². The van der Waals surface area contributed by atoms with E-state index in [0.717, 1.165) is 22.2 Å². The van der Waals surface area contributed by atoms with Gasteiger partial charge in [0.25, 0.3) is 0 Å². The Hall–Kier alpha value is -1.16. The molecule has 1 aliphatic rings. The summed E-state index contributed by atoms with van der Waals surface area (Å²) in [6.45, 7) is 2.25. The quantitative estimate of drug-likeness (QED) is 0.884. The first-order chi connectivity index (χ1) is 9.35. The van der Waals surface area contributed by atoms with Crippen molar-refractivity contribution in [2.75, 3.05) is 11.1 Å². The molecular weight excluding hydrogens is 254 g/mol. The van der Waals surface area contributed by atoms with Gasteiger partial charge in [-0.2, -0.15) is 11.8 Å². The Bertz CT molecular complexity index is 502. The van der Waals surface area contributed by atoms with Crippen molar-refractivity contribution in [1.82, 2.24) is 9.97 Å². The smallest absolute Gasteiger partial charge is 0.201 e. The Kier molecular flexibility index (Phi) is 3.97. The second-order valence-corrected chi connectivity index (χ2v) is 6.77. The van der Waals surface area contributed by atoms with Crippen molar-refractivity contribution in [3.63, 3.8) is 0 Å². The van der Waals surface area contributed by atoms with E-state index in [4.69, 9.17) is 0 Å². The molecule has 0 amide bonds. The molecule has 4 heteroatoms. The number of aromatic amines is 1. The molecule has 0 spiro atoms. The van der Waals surface area contributed by atoms with Crippen LogP contribution in [0.3, 0.4) is 0 Å². The van der Waals surface area contributed by atoms with Crippen molar-refractivity contribution in [3.05, 3.63) is 24.3 Å². The summed E-state index contributed by atoms with van der Waals surface area (Å²) in [6, 6.07) is 8.76. The lowest BCUT2D eigenvalue weighted by Gasteiger charge is -2.29. The average Bonchev–Trinajstić information content (AvgIpc) is 2.81. The number of thioether (sulfide) groups is 1. The summed E-state index contributed by atoms with van der Waals surface area (Å²) in [7, 11) is 0. The van der Waals surface area contributed by atoms with Crippen molar-refractivity contribution < 1.29 is 0 Å². The minimum absolute atomic E-state index is 0.568. The second kappa shape index (κ2) is 5.87. The fourth-order valence-electron chi connectivity index (χ4n) is 2.88. The molecule has 1 aromatic heterocycles. The zero-order chi connectivity index (χ0) is 13.1. The molecule has 0 radical (unpaired) electrons. The summed E-state index contributed by atoms with van der Waals surface area (Å²) in [4.78, 5) is 7.97. The van der Waals surface area contributed by atoms with Gasteiger partial charge in [-0.05, 0) is 37.1 Å². The number of benzene rings is 1. The molecule has 0 saturated heterocycles. The Balaban J connectivity index is 1.67. The molecule has 1 saturated carbocycles. The third kappa shape index (κ3) is 3.06. The molecule has 0 aliphatic heterocycles. The molecule has 2 atom stereocenters. The molecule has 1 fully saturated rings. The number of H-pyrrole nitrogens is 1. The Morgan fingerprint density at radius 1 is 1.37 bits per heavy atom. The van der Waals surface area contributed by atoms with Gasteiger partial charge in [-0.15, -0.1) is 0 Å². The van der Waals surface area contributed by atoms with E-state index in [1.807, 2.05) is 18.2 Å². The third-order valence-corrected chi connectivity index (χ3v) is 4.99. The van der Waals surface area contributed by atoms with E-state index in [1.54, 1.807) is 0 Å². The van der Waals surface area contributed by atoms with Crippen LogP contribution in [0.4, 0.5) is 5.95 Å². The summed E-state index contributed by atoms with van der Waals surface area (Å²) in [6.07, 6.45) is 5.22. The number of hydrogen-bond donors (Lipinski definition) is 2. The number of para-hydroxylation sites is 2. The van der Waals surface area contributed by atoms with Gasteiger partial charge in [-0.3, -0.25) is 0 Å². The minimum atomic E-state index is 0.568. The molecule has 1 aromatic carbocycles. The summed E-state index contributed by atoms with van der Waals surface area (Å²) in [5, 5.41) is 4.40. The topological polar surface area (TPSA) is 40.7 Å². The fraction of sp³-hybridized carbons (Fsp3) is 0.533. The fourth-order valence-corrected chi connectivity index (χ4v) is 4.05. The van der Waals surface area contributed by atoms with Crippen LogP contribution in [-0.4, -0.2) is 27.0 Å². The molecule has 1 aliphatic carbocycles. The van der Waals surface area contributed by atoms with Gasteiger partial charge in [0.2, 0.25) is 5.95 Å². The number of aromatic nitrogens is 2. The van der Waals surface area contributed by atoms with Crippen molar-refractivity contribution in [3.8, 4) is 0 Å². The van der Waals surface area contributed by atoms with Crippen LogP contribution < -0.4 is 5.32 Å². The number of anilines is 1. The highest BCUT2D eigenvalue weighted by atomic mass is 32.2. The van der Waals surface area contributed by atoms with E-state index in [-0.39, 0.29) is 0 Å². The van der Waals surface area contributed by atoms with Gasteiger partial charge in [0.15, 0.2) is 0 Å². The van der Waals surface area contributed by atoms with Crippen LogP contribution in [-0.2, 0) is 0 Å². The summed E-state index contributed by atoms with van der Waals surface area (Å²) in [5.41, 5.74) is 2.15. The molecule has 3 rings (SSSR count). The van der Waals surface area contributed by atoms with E-state index in [9.17, 15) is 0 Å². The Labute approximate surface area is 118 Å². The predicted molar refractivity (Wildman–Crippen MR) is 83.9 cm³/mol. The van der Waals surface area contributed by atoms with Crippen LogP contribution in [0.1, 0.15) is 32.6 Å². The van der Waals surface area contributed by atoms with Gasteiger partial charge in [0.05, 0.1) is 11.0 Å². The minimum Gasteiger partial charge on any atom is -0.353 e. The molecule has 0 bridgehead atoms. The van der Waals surface area contributed by atoms with Crippen molar-refractivity contribution in [2.24, 2.45) is 0 Å². The van der Waals surface area contributed by atoms with Crippen molar-refractivity contribution in [1.29, 1.82) is 0 Å². The summed E-state index contributed by atoms with van der Waals surface area (Å²) >= 11 is 2.10. The lowest BCUT2D eigenvalue weighted by Crippen LogP contribution is -2.29. The Morgan fingerprint density at radius 2 is 2.26 bits per heavy atom. The normalized spacial score (nSPS) is 23.6. The van der Waals surface area contributed by atoms with Gasteiger partial charge in [-0.1, -0.05) is 25.5 Å². The first-order valence-corrected chi connectivity index (χ1v) is 8.23. The summed E-state index contributed by atoms with van der Waals surface area (Å²) in [5.74, 6) is 2.15. The van der Waals surface area contributed by atoms with Crippen LogP contribution in [0.5, 0.6) is 0 Å². The van der Waals surface area contributed by atoms with Crippen molar-refractivity contribution in [2.45, 2.75) is 43.9 Å². The number of rotatable bonds is 4. The van der Waals surface area contributed by atoms with Gasteiger partial charge in [0, 0.05) is 11.3 Å². The molecular formula is C15H21N3S. The lowest BCUT2D eigenvalue weighted by atomic mass is 9.95. The standard InChI is InChI=1S/C15H21N3S/c1-2-19-12-7-5-6-11(10-12)16-15-17-13-8-3-4-9-14(13)18-15/h3-4,8-9,11-12H,2,5-7,10H2,1H3,(H2,16,17,18). The predicted octanol–water partition coefficient (Wildman–Crippen LogP) is 4.04. The molecule has 2 N–H and O–H groups in total. The Morgan fingerprint density at radius 3 is 3.11 bits per heavy atom. The highest BCUT2D eigenvalue weighted by molar-refractivity contribution is 7.99. The average molecular weight is 275 g/mol. The number of imidazole rings is 1. The molecule has 3 nitrogen and oxygen atoms in total. The third-order valence-electron chi connectivity index (χ3n) is 3.76. The maximum Gasteiger partial charge on any atom is 0.201 e. The van der Waals surface area contributed by atoms with Gasteiger partial charge >= 0.3 is 0 Å². The van der Waals surface area contributed by atoms with E-state index < -0.39 is 0 Å². The zero-order valence-electron chi connectivity index (χ0n) is 11.4. The highest BCUT2D eigenvalue weighted by Gasteiger charge is 2.22. The second-order valence-electron chi connectivity index (χ2n) is 5.19. The lowest BCUT2D eigenvalue weighted by molar-refractivity contribution is 0.471. The molecule has 102 valence electrons. The molecule has 2 aromatic rings. The van der Waals surface area contributed by atoms with Crippen LogP contribution in [0.15, 0.2) is 24.3 Å².